The minimum absolute atomic E-state index is 0.673. The van der Waals surface area contributed by atoms with E-state index >= 15 is 0 Å². The van der Waals surface area contributed by atoms with Crippen molar-refractivity contribution in [2.75, 3.05) is 46.1 Å². The summed E-state index contributed by atoms with van der Waals surface area (Å²) >= 11 is 1.72. The number of ether oxygens (including phenoxy) is 3. The summed E-state index contributed by atoms with van der Waals surface area (Å²) < 4.78 is 16.8. The van der Waals surface area contributed by atoms with Crippen LogP contribution < -0.4 is 9.47 Å². The largest absolute Gasteiger partial charge is 0.494 e. The summed E-state index contributed by atoms with van der Waals surface area (Å²) in [4.78, 5) is 8.48. The lowest BCUT2D eigenvalue weighted by atomic mass is 10.1. The normalized spacial score (nSPS) is 14.6. The van der Waals surface area contributed by atoms with Crippen LogP contribution in [0, 0.1) is 6.92 Å². The minimum atomic E-state index is 0.673. The quantitative estimate of drug-likeness (QED) is 0.515. The first-order valence-corrected chi connectivity index (χ1v) is 11.3. The van der Waals surface area contributed by atoms with Crippen LogP contribution in [-0.2, 0) is 4.74 Å². The Kier molecular flexibility index (Phi) is 7.00. The predicted octanol–water partition coefficient (Wildman–Crippen LogP) is 4.90. The van der Waals surface area contributed by atoms with Gasteiger partial charge < -0.3 is 14.2 Å². The number of aromatic nitrogens is 1. The molecule has 5 nitrogen and oxygen atoms in total. The van der Waals surface area contributed by atoms with E-state index in [1.54, 1.807) is 11.3 Å². The molecule has 0 unspecified atom stereocenters. The van der Waals surface area contributed by atoms with Gasteiger partial charge in [0.2, 0.25) is 0 Å². The molecule has 1 aromatic heterocycles. The predicted molar refractivity (Wildman–Crippen MR) is 122 cm³/mol. The number of hydrogen-bond acceptors (Lipinski definition) is 6. The Morgan fingerprint density at radius 1 is 0.933 bits per heavy atom. The monoisotopic (exact) mass is 424 g/mol. The van der Waals surface area contributed by atoms with Crippen molar-refractivity contribution < 1.29 is 14.2 Å². The summed E-state index contributed by atoms with van der Waals surface area (Å²) in [6, 6.07) is 16.4. The van der Waals surface area contributed by atoms with Gasteiger partial charge in [0.1, 0.15) is 23.1 Å². The van der Waals surface area contributed by atoms with Gasteiger partial charge in [0.15, 0.2) is 0 Å². The van der Waals surface area contributed by atoms with Crippen molar-refractivity contribution in [3.8, 4) is 33.3 Å². The van der Waals surface area contributed by atoms with Crippen LogP contribution >= 0.6 is 11.3 Å². The van der Waals surface area contributed by atoms with E-state index in [1.165, 1.54) is 4.88 Å². The molecule has 1 aliphatic heterocycles. The Hall–Kier alpha value is -2.41. The van der Waals surface area contributed by atoms with Gasteiger partial charge in [-0.05, 0) is 62.4 Å². The summed E-state index contributed by atoms with van der Waals surface area (Å²) in [6.45, 7) is 10.0. The molecule has 2 aromatic carbocycles. The third kappa shape index (κ3) is 5.19. The first-order valence-electron chi connectivity index (χ1n) is 10.5. The van der Waals surface area contributed by atoms with Gasteiger partial charge in [-0.25, -0.2) is 4.98 Å². The van der Waals surface area contributed by atoms with Crippen LogP contribution in [0.2, 0.25) is 0 Å². The summed E-state index contributed by atoms with van der Waals surface area (Å²) in [5.74, 6) is 1.78. The van der Waals surface area contributed by atoms with Crippen molar-refractivity contribution in [3.63, 3.8) is 0 Å². The van der Waals surface area contributed by atoms with E-state index in [1.807, 2.05) is 31.2 Å². The van der Waals surface area contributed by atoms with Gasteiger partial charge in [0.05, 0.1) is 25.5 Å². The Labute approximate surface area is 182 Å². The van der Waals surface area contributed by atoms with Gasteiger partial charge in [-0.2, -0.15) is 0 Å². The third-order valence-electron chi connectivity index (χ3n) is 5.12. The Bertz CT molecular complexity index is 932. The Balaban J connectivity index is 1.39. The Morgan fingerprint density at radius 2 is 1.57 bits per heavy atom. The zero-order valence-electron chi connectivity index (χ0n) is 17.6. The number of nitrogens with zero attached hydrogens (tertiary/aromatic N) is 2. The maximum Gasteiger partial charge on any atom is 0.124 e. The standard InChI is InChI=1S/C24H28N2O3S/c1-3-28-21-10-6-20(7-11-21)24-25-23(18(2)30-24)19-4-8-22(9-5-19)29-17-14-26-12-15-27-16-13-26/h4-11H,3,12-17H2,1-2H3. The average Bonchev–Trinajstić information content (AvgIpc) is 3.17. The second kappa shape index (κ2) is 10.1. The third-order valence-corrected chi connectivity index (χ3v) is 6.14. The molecule has 1 aliphatic rings. The molecule has 0 radical (unpaired) electrons. The maximum atomic E-state index is 5.92. The van der Waals surface area contributed by atoms with E-state index in [-0.39, 0.29) is 0 Å². The lowest BCUT2D eigenvalue weighted by Crippen LogP contribution is -2.38. The zero-order chi connectivity index (χ0) is 20.8. The molecule has 0 bridgehead atoms. The van der Waals surface area contributed by atoms with Gasteiger partial charge in [0, 0.05) is 35.6 Å². The topological polar surface area (TPSA) is 43.8 Å². The second-order valence-corrected chi connectivity index (χ2v) is 8.41. The molecule has 2 heterocycles. The molecule has 30 heavy (non-hydrogen) atoms. The summed E-state index contributed by atoms with van der Waals surface area (Å²) in [5.41, 5.74) is 3.26. The van der Waals surface area contributed by atoms with E-state index in [0.29, 0.717) is 13.2 Å². The van der Waals surface area contributed by atoms with Crippen molar-refractivity contribution in [2.24, 2.45) is 0 Å². The number of rotatable bonds is 8. The molecule has 1 saturated heterocycles. The molecule has 0 spiro atoms. The average molecular weight is 425 g/mol. The number of thiazole rings is 1. The fourth-order valence-corrected chi connectivity index (χ4v) is 4.42. The highest BCUT2D eigenvalue weighted by molar-refractivity contribution is 7.15. The number of benzene rings is 2. The fourth-order valence-electron chi connectivity index (χ4n) is 3.47. The molecule has 0 aliphatic carbocycles. The van der Waals surface area contributed by atoms with Crippen LogP contribution in [-0.4, -0.2) is 55.9 Å². The summed E-state index contributed by atoms with van der Waals surface area (Å²) in [5, 5.41) is 1.02. The van der Waals surface area contributed by atoms with E-state index in [9.17, 15) is 0 Å². The van der Waals surface area contributed by atoms with Crippen LogP contribution in [0.25, 0.3) is 21.8 Å². The van der Waals surface area contributed by atoms with Gasteiger partial charge in [-0.3, -0.25) is 4.90 Å². The van der Waals surface area contributed by atoms with Crippen molar-refractivity contribution >= 4 is 11.3 Å². The van der Waals surface area contributed by atoms with Gasteiger partial charge in [0.25, 0.3) is 0 Å². The Morgan fingerprint density at radius 3 is 2.23 bits per heavy atom. The first kappa shape index (κ1) is 20.8. The summed E-state index contributed by atoms with van der Waals surface area (Å²) in [7, 11) is 0. The molecule has 6 heteroatoms. The molecule has 158 valence electrons. The fraction of sp³-hybridized carbons (Fsp3) is 0.375. The van der Waals surface area contributed by atoms with Crippen LogP contribution in [0.4, 0.5) is 0 Å². The minimum Gasteiger partial charge on any atom is -0.494 e. The van der Waals surface area contributed by atoms with Crippen molar-refractivity contribution in [1.82, 2.24) is 9.88 Å². The van der Waals surface area contributed by atoms with E-state index in [4.69, 9.17) is 19.2 Å². The molecule has 0 N–H and O–H groups in total. The molecule has 0 atom stereocenters. The van der Waals surface area contributed by atoms with Crippen LogP contribution in [0.5, 0.6) is 11.5 Å². The van der Waals surface area contributed by atoms with Gasteiger partial charge in [-0.15, -0.1) is 11.3 Å². The highest BCUT2D eigenvalue weighted by Gasteiger charge is 2.13. The highest BCUT2D eigenvalue weighted by atomic mass is 32.1. The van der Waals surface area contributed by atoms with E-state index in [0.717, 1.165) is 66.2 Å². The molecule has 0 amide bonds. The lowest BCUT2D eigenvalue weighted by molar-refractivity contribution is 0.0322. The molecular formula is C24H28N2O3S. The molecule has 0 saturated carbocycles. The van der Waals surface area contributed by atoms with Crippen LogP contribution in [0.15, 0.2) is 48.5 Å². The maximum absolute atomic E-state index is 5.92. The smallest absolute Gasteiger partial charge is 0.124 e. The summed E-state index contributed by atoms with van der Waals surface area (Å²) in [6.07, 6.45) is 0. The SMILES string of the molecule is CCOc1ccc(-c2nc(-c3ccc(OCCN4CCOCC4)cc3)c(C)s2)cc1. The van der Waals surface area contributed by atoms with Crippen molar-refractivity contribution in [3.05, 3.63) is 53.4 Å². The van der Waals surface area contributed by atoms with Crippen LogP contribution in [0.1, 0.15) is 11.8 Å². The number of hydrogen-bond donors (Lipinski definition) is 0. The first-order chi connectivity index (χ1) is 14.7. The number of morpholine rings is 1. The second-order valence-electron chi connectivity index (χ2n) is 7.21. The molecule has 1 fully saturated rings. The lowest BCUT2D eigenvalue weighted by Gasteiger charge is -2.26. The van der Waals surface area contributed by atoms with Crippen molar-refractivity contribution in [1.29, 1.82) is 0 Å². The molecular weight excluding hydrogens is 396 g/mol. The molecule has 3 aromatic rings. The van der Waals surface area contributed by atoms with E-state index < -0.39 is 0 Å². The van der Waals surface area contributed by atoms with Gasteiger partial charge >= 0.3 is 0 Å². The van der Waals surface area contributed by atoms with Crippen LogP contribution in [0.3, 0.4) is 0 Å². The molecule has 4 rings (SSSR count). The van der Waals surface area contributed by atoms with Gasteiger partial charge in [-0.1, -0.05) is 0 Å². The highest BCUT2D eigenvalue weighted by Crippen LogP contribution is 2.34. The zero-order valence-corrected chi connectivity index (χ0v) is 18.4. The number of aryl methyl sites for hydroxylation is 1. The van der Waals surface area contributed by atoms with Crippen molar-refractivity contribution in [2.45, 2.75) is 13.8 Å². The van der Waals surface area contributed by atoms with E-state index in [2.05, 4.69) is 36.1 Å².